The Bertz CT molecular complexity index is 874. The molecule has 0 fully saturated rings. The minimum absolute atomic E-state index is 0.0438. The van der Waals surface area contributed by atoms with Crippen LogP contribution >= 0.6 is 0 Å². The van der Waals surface area contributed by atoms with Crippen LogP contribution in [0.5, 0.6) is 0 Å². The van der Waals surface area contributed by atoms with E-state index in [0.29, 0.717) is 11.0 Å². The summed E-state index contributed by atoms with van der Waals surface area (Å²) in [6.45, 7) is 0. The number of non-ortho nitro benzene ring substituents is 1. The summed E-state index contributed by atoms with van der Waals surface area (Å²) in [4.78, 5) is 19.6. The van der Waals surface area contributed by atoms with Crippen LogP contribution in [0.1, 0.15) is 11.3 Å². The maximum atomic E-state index is 10.8. The van der Waals surface area contributed by atoms with Crippen LogP contribution in [0.25, 0.3) is 22.3 Å². The molecule has 0 amide bonds. The van der Waals surface area contributed by atoms with Gasteiger partial charge >= 0.3 is 0 Å². The topological polar surface area (TPSA) is 68.9 Å². The maximum absolute atomic E-state index is 10.8. The minimum atomic E-state index is -0.414. The van der Waals surface area contributed by atoms with Gasteiger partial charge in [0.25, 0.3) is 5.69 Å². The van der Waals surface area contributed by atoms with Gasteiger partial charge in [-0.25, -0.2) is 9.97 Å². The molecule has 1 aliphatic carbocycles. The zero-order valence-electron chi connectivity index (χ0n) is 10.4. The molecular weight excluding hydrogens is 254 g/mol. The number of aromatic nitrogens is 2. The first kappa shape index (κ1) is 11.0. The molecule has 96 valence electrons. The number of rotatable bonds is 1. The van der Waals surface area contributed by atoms with Crippen molar-refractivity contribution in [2.45, 2.75) is 6.42 Å². The lowest BCUT2D eigenvalue weighted by atomic mass is 10.1. The van der Waals surface area contributed by atoms with Crippen LogP contribution in [-0.2, 0) is 6.42 Å². The molecule has 5 heteroatoms. The SMILES string of the molecule is O=[N+]([O-])c1ccc2nc3c(nc2c1)Cc1ccccc1-3. The van der Waals surface area contributed by atoms with Gasteiger partial charge in [-0.05, 0) is 11.6 Å². The van der Waals surface area contributed by atoms with Crippen LogP contribution in [0, 0.1) is 10.1 Å². The molecule has 1 aliphatic rings. The van der Waals surface area contributed by atoms with E-state index in [1.807, 2.05) is 18.2 Å². The molecule has 20 heavy (non-hydrogen) atoms. The summed E-state index contributed by atoms with van der Waals surface area (Å²) < 4.78 is 0. The van der Waals surface area contributed by atoms with E-state index in [9.17, 15) is 10.1 Å². The Labute approximate surface area is 114 Å². The van der Waals surface area contributed by atoms with E-state index in [0.717, 1.165) is 23.4 Å². The van der Waals surface area contributed by atoms with E-state index in [2.05, 4.69) is 16.0 Å². The molecule has 2 aromatic carbocycles. The van der Waals surface area contributed by atoms with Crippen molar-refractivity contribution in [1.29, 1.82) is 0 Å². The molecule has 0 radical (unpaired) electrons. The first-order valence-corrected chi connectivity index (χ1v) is 6.26. The smallest absolute Gasteiger partial charge is 0.258 e. The summed E-state index contributed by atoms with van der Waals surface area (Å²) in [6, 6.07) is 12.7. The molecule has 5 nitrogen and oxygen atoms in total. The predicted molar refractivity (Wildman–Crippen MR) is 74.4 cm³/mol. The summed E-state index contributed by atoms with van der Waals surface area (Å²) in [5, 5.41) is 10.8. The van der Waals surface area contributed by atoms with Crippen LogP contribution in [0.15, 0.2) is 42.5 Å². The molecule has 0 saturated carbocycles. The van der Waals surface area contributed by atoms with Crippen molar-refractivity contribution < 1.29 is 4.92 Å². The Hall–Kier alpha value is -2.82. The Morgan fingerprint density at radius 2 is 1.90 bits per heavy atom. The Morgan fingerprint density at radius 1 is 1.05 bits per heavy atom. The van der Waals surface area contributed by atoms with Crippen LogP contribution < -0.4 is 0 Å². The second-order valence-corrected chi connectivity index (χ2v) is 4.78. The molecule has 1 aromatic heterocycles. The van der Waals surface area contributed by atoms with Gasteiger partial charge in [0.2, 0.25) is 0 Å². The van der Waals surface area contributed by atoms with Crippen molar-refractivity contribution in [2.75, 3.05) is 0 Å². The van der Waals surface area contributed by atoms with Gasteiger partial charge in [-0.2, -0.15) is 0 Å². The fourth-order valence-electron chi connectivity index (χ4n) is 2.62. The number of benzene rings is 2. The third-order valence-electron chi connectivity index (χ3n) is 3.56. The van der Waals surface area contributed by atoms with Crippen molar-refractivity contribution in [3.05, 3.63) is 63.8 Å². The zero-order valence-corrected chi connectivity index (χ0v) is 10.4. The van der Waals surface area contributed by atoms with Gasteiger partial charge < -0.3 is 0 Å². The van der Waals surface area contributed by atoms with Gasteiger partial charge in [0.05, 0.1) is 27.3 Å². The molecule has 0 atom stereocenters. The van der Waals surface area contributed by atoms with Crippen molar-refractivity contribution in [2.24, 2.45) is 0 Å². The minimum Gasteiger partial charge on any atom is -0.258 e. The summed E-state index contributed by atoms with van der Waals surface area (Å²) in [7, 11) is 0. The van der Waals surface area contributed by atoms with Gasteiger partial charge in [-0.15, -0.1) is 0 Å². The van der Waals surface area contributed by atoms with E-state index in [-0.39, 0.29) is 5.69 Å². The molecule has 1 heterocycles. The van der Waals surface area contributed by atoms with Crippen molar-refractivity contribution in [3.8, 4) is 11.3 Å². The highest BCUT2D eigenvalue weighted by Crippen LogP contribution is 2.35. The normalized spacial score (nSPS) is 12.2. The molecule has 0 aliphatic heterocycles. The van der Waals surface area contributed by atoms with Crippen LogP contribution in [0.3, 0.4) is 0 Å². The van der Waals surface area contributed by atoms with Crippen molar-refractivity contribution in [1.82, 2.24) is 9.97 Å². The van der Waals surface area contributed by atoms with Gasteiger partial charge in [-0.1, -0.05) is 24.3 Å². The lowest BCUT2D eigenvalue weighted by Gasteiger charge is -2.02. The number of hydrogen-bond donors (Lipinski definition) is 0. The highest BCUT2D eigenvalue weighted by Gasteiger charge is 2.22. The number of nitro benzene ring substituents is 1. The monoisotopic (exact) mass is 263 g/mol. The molecule has 0 N–H and O–H groups in total. The van der Waals surface area contributed by atoms with Gasteiger partial charge in [0.15, 0.2) is 0 Å². The van der Waals surface area contributed by atoms with E-state index in [1.165, 1.54) is 17.7 Å². The standard InChI is InChI=1S/C15H9N3O2/c19-18(20)10-5-6-12-13(8-10)16-14-7-9-3-1-2-4-11(9)15(14)17-12/h1-6,8H,7H2. The lowest BCUT2D eigenvalue weighted by molar-refractivity contribution is -0.384. The molecule has 0 spiro atoms. The van der Waals surface area contributed by atoms with E-state index in [4.69, 9.17) is 0 Å². The van der Waals surface area contributed by atoms with Crippen molar-refractivity contribution in [3.63, 3.8) is 0 Å². The van der Waals surface area contributed by atoms with Gasteiger partial charge in [0, 0.05) is 24.1 Å². The van der Waals surface area contributed by atoms with Gasteiger partial charge in [-0.3, -0.25) is 10.1 Å². The Morgan fingerprint density at radius 3 is 2.75 bits per heavy atom. The predicted octanol–water partition coefficient (Wildman–Crippen LogP) is 3.11. The summed E-state index contributed by atoms with van der Waals surface area (Å²) in [5.74, 6) is 0. The van der Waals surface area contributed by atoms with E-state index in [1.54, 1.807) is 6.07 Å². The number of nitrogens with zero attached hydrogens (tertiary/aromatic N) is 3. The summed E-state index contributed by atoms with van der Waals surface area (Å²) >= 11 is 0. The number of nitro groups is 1. The van der Waals surface area contributed by atoms with Crippen LogP contribution in [-0.4, -0.2) is 14.9 Å². The number of fused-ring (bicyclic) bond motifs is 4. The van der Waals surface area contributed by atoms with Crippen LogP contribution in [0.2, 0.25) is 0 Å². The van der Waals surface area contributed by atoms with Crippen LogP contribution in [0.4, 0.5) is 5.69 Å². The van der Waals surface area contributed by atoms with Crippen molar-refractivity contribution >= 4 is 16.7 Å². The second kappa shape index (κ2) is 3.84. The highest BCUT2D eigenvalue weighted by molar-refractivity contribution is 5.83. The first-order chi connectivity index (χ1) is 9.72. The number of hydrogen-bond acceptors (Lipinski definition) is 4. The fraction of sp³-hybridized carbons (Fsp3) is 0.0667. The Balaban J connectivity index is 1.97. The third kappa shape index (κ3) is 1.50. The molecule has 3 aromatic rings. The molecule has 0 saturated heterocycles. The second-order valence-electron chi connectivity index (χ2n) is 4.78. The summed E-state index contributed by atoms with van der Waals surface area (Å²) in [6.07, 6.45) is 0.733. The molecular formula is C15H9N3O2. The quantitative estimate of drug-likeness (QED) is 0.391. The van der Waals surface area contributed by atoms with E-state index < -0.39 is 4.92 Å². The third-order valence-corrected chi connectivity index (χ3v) is 3.56. The zero-order chi connectivity index (χ0) is 13.7. The first-order valence-electron chi connectivity index (χ1n) is 6.26. The molecule has 0 unspecified atom stereocenters. The van der Waals surface area contributed by atoms with Gasteiger partial charge in [0.1, 0.15) is 0 Å². The summed E-state index contributed by atoms with van der Waals surface area (Å²) in [5.41, 5.74) is 5.39. The average Bonchev–Trinajstić information content (AvgIpc) is 2.81. The molecule has 4 rings (SSSR count). The molecule has 0 bridgehead atoms. The maximum Gasteiger partial charge on any atom is 0.271 e. The average molecular weight is 263 g/mol. The largest absolute Gasteiger partial charge is 0.271 e. The highest BCUT2D eigenvalue weighted by atomic mass is 16.6. The lowest BCUT2D eigenvalue weighted by Crippen LogP contribution is -1.94. The fourth-order valence-corrected chi connectivity index (χ4v) is 2.62. The Kier molecular flexibility index (Phi) is 2.12. The van der Waals surface area contributed by atoms with E-state index >= 15 is 0 Å².